The van der Waals surface area contributed by atoms with Gasteiger partial charge in [-0.1, -0.05) is 151 Å². The Bertz CT molecular complexity index is 876. The fraction of sp³-hybridized carbons (Fsp3) is 0.674. The minimum Gasteiger partial charge on any atom is -0.481 e. The third-order valence-corrected chi connectivity index (χ3v) is 8.15. The molecule has 0 heterocycles. The van der Waals surface area contributed by atoms with E-state index in [4.69, 9.17) is 9.84 Å². The summed E-state index contributed by atoms with van der Waals surface area (Å²) in [5.41, 5.74) is 0. The number of allylic oxidation sites excluding steroid dienone is 11. The molecule has 0 aliphatic carbocycles. The highest BCUT2D eigenvalue weighted by molar-refractivity contribution is 5.69. The predicted molar refractivity (Wildman–Crippen MR) is 204 cm³/mol. The number of unbranched alkanes of at least 4 members (excludes halogenated alkanes) is 15. The first-order valence-electron chi connectivity index (χ1n) is 19.4. The molecular weight excluding hydrogens is 580 g/mol. The predicted octanol–water partition coefficient (Wildman–Crippen LogP) is 13.5. The van der Waals surface area contributed by atoms with Crippen molar-refractivity contribution in [3.63, 3.8) is 0 Å². The molecule has 0 aromatic carbocycles. The van der Waals surface area contributed by atoms with Crippen LogP contribution in [-0.4, -0.2) is 23.1 Å². The van der Waals surface area contributed by atoms with Gasteiger partial charge in [0.05, 0.1) is 0 Å². The van der Waals surface area contributed by atoms with Crippen LogP contribution in [0.3, 0.4) is 0 Å². The smallest absolute Gasteiger partial charge is 0.306 e. The van der Waals surface area contributed by atoms with Crippen LogP contribution in [0.15, 0.2) is 72.9 Å². The third-order valence-electron chi connectivity index (χ3n) is 8.15. The van der Waals surface area contributed by atoms with E-state index in [1.54, 1.807) is 0 Å². The molecule has 1 unspecified atom stereocenters. The average molecular weight is 653 g/mol. The van der Waals surface area contributed by atoms with E-state index in [-0.39, 0.29) is 18.5 Å². The van der Waals surface area contributed by atoms with E-state index in [0.717, 1.165) is 103 Å². The monoisotopic (exact) mass is 653 g/mol. The van der Waals surface area contributed by atoms with Gasteiger partial charge in [-0.3, -0.25) is 9.59 Å². The van der Waals surface area contributed by atoms with Crippen LogP contribution in [0.1, 0.15) is 181 Å². The maximum Gasteiger partial charge on any atom is 0.306 e. The average Bonchev–Trinajstić information content (AvgIpc) is 3.05. The molecule has 0 rings (SSSR count). The highest BCUT2D eigenvalue weighted by Gasteiger charge is 2.11. The quantitative estimate of drug-likeness (QED) is 0.0427. The van der Waals surface area contributed by atoms with Crippen LogP contribution in [0.25, 0.3) is 0 Å². The first kappa shape index (κ1) is 44.4. The molecular formula is C43H72O4. The van der Waals surface area contributed by atoms with Crippen LogP contribution in [0.2, 0.25) is 0 Å². The van der Waals surface area contributed by atoms with Crippen LogP contribution in [0.5, 0.6) is 0 Å². The summed E-state index contributed by atoms with van der Waals surface area (Å²) in [4.78, 5) is 23.3. The lowest BCUT2D eigenvalue weighted by atomic mass is 10.1. The number of hydrogen-bond acceptors (Lipinski definition) is 3. The summed E-state index contributed by atoms with van der Waals surface area (Å²) in [7, 11) is 0. The van der Waals surface area contributed by atoms with Crippen molar-refractivity contribution in [2.45, 2.75) is 187 Å². The lowest BCUT2D eigenvalue weighted by Gasteiger charge is -2.14. The van der Waals surface area contributed by atoms with Gasteiger partial charge in [-0.25, -0.2) is 0 Å². The Morgan fingerprint density at radius 1 is 0.511 bits per heavy atom. The molecule has 4 heteroatoms. The van der Waals surface area contributed by atoms with Crippen molar-refractivity contribution < 1.29 is 19.4 Å². The van der Waals surface area contributed by atoms with E-state index in [2.05, 4.69) is 86.8 Å². The van der Waals surface area contributed by atoms with Gasteiger partial charge in [0.2, 0.25) is 0 Å². The van der Waals surface area contributed by atoms with Gasteiger partial charge in [0.1, 0.15) is 6.10 Å². The molecule has 1 atom stereocenters. The molecule has 0 bridgehead atoms. The molecule has 0 aromatic heterocycles. The molecule has 268 valence electrons. The molecule has 0 saturated carbocycles. The number of hydrogen-bond donors (Lipinski definition) is 1. The van der Waals surface area contributed by atoms with E-state index < -0.39 is 5.97 Å². The Balaban J connectivity index is 4.12. The summed E-state index contributed by atoms with van der Waals surface area (Å²) < 4.78 is 5.90. The molecule has 0 aliphatic heterocycles. The number of carbonyl (C=O) groups excluding carboxylic acids is 1. The second-order valence-corrected chi connectivity index (χ2v) is 12.7. The first-order chi connectivity index (χ1) is 23.1. The fourth-order valence-electron chi connectivity index (χ4n) is 5.30. The zero-order chi connectivity index (χ0) is 34.3. The molecule has 0 spiro atoms. The normalized spacial score (nSPS) is 13.1. The number of carboxylic acid groups (broad SMARTS) is 1. The fourth-order valence-corrected chi connectivity index (χ4v) is 5.30. The number of esters is 1. The van der Waals surface area contributed by atoms with Gasteiger partial charge in [0.15, 0.2) is 0 Å². The second-order valence-electron chi connectivity index (χ2n) is 12.7. The van der Waals surface area contributed by atoms with E-state index in [0.29, 0.717) is 6.42 Å². The Labute approximate surface area is 290 Å². The summed E-state index contributed by atoms with van der Waals surface area (Å²) in [6.07, 6.45) is 53.6. The highest BCUT2D eigenvalue weighted by atomic mass is 16.5. The largest absolute Gasteiger partial charge is 0.481 e. The molecule has 47 heavy (non-hydrogen) atoms. The van der Waals surface area contributed by atoms with Crippen molar-refractivity contribution in [2.75, 3.05) is 0 Å². The summed E-state index contributed by atoms with van der Waals surface area (Å²) in [5, 5.41) is 8.77. The van der Waals surface area contributed by atoms with E-state index >= 15 is 0 Å². The van der Waals surface area contributed by atoms with Crippen molar-refractivity contribution in [1.82, 2.24) is 0 Å². The number of carbonyl (C=O) groups is 2. The van der Waals surface area contributed by atoms with Gasteiger partial charge < -0.3 is 9.84 Å². The van der Waals surface area contributed by atoms with E-state index in [1.165, 1.54) is 51.4 Å². The van der Waals surface area contributed by atoms with E-state index in [9.17, 15) is 9.59 Å². The standard InChI is InChI=1S/C43H72O4/c1-3-5-7-9-11-13-14-15-16-17-18-19-20-21-22-24-26-32-36-40-43(46)47-41(37-33-29-25-23-12-10-8-6-4-2)38-34-30-27-28-31-35-39-42(44)45/h5,7,11,13,15-16,18-19,23,25,33,37,41H,3-4,6,8-10,12,14,17,20-22,24,26-32,34-36,38-40H2,1-2H3,(H,44,45)/b7-5-,13-11-,16-15-,19-18-,25-23-,37-33-. The minimum atomic E-state index is -0.707. The van der Waals surface area contributed by atoms with Crippen LogP contribution in [0, 0.1) is 0 Å². The molecule has 0 saturated heterocycles. The molecule has 0 radical (unpaired) electrons. The Morgan fingerprint density at radius 3 is 1.51 bits per heavy atom. The molecule has 0 fully saturated rings. The van der Waals surface area contributed by atoms with Crippen molar-refractivity contribution in [1.29, 1.82) is 0 Å². The number of aliphatic carboxylic acids is 1. The Morgan fingerprint density at radius 2 is 0.957 bits per heavy atom. The van der Waals surface area contributed by atoms with E-state index in [1.807, 2.05) is 0 Å². The maximum absolute atomic E-state index is 12.6. The number of rotatable bonds is 34. The minimum absolute atomic E-state index is 0.0703. The van der Waals surface area contributed by atoms with Gasteiger partial charge in [-0.15, -0.1) is 0 Å². The van der Waals surface area contributed by atoms with Gasteiger partial charge in [-0.05, 0) is 89.5 Å². The van der Waals surface area contributed by atoms with Gasteiger partial charge in [0.25, 0.3) is 0 Å². The van der Waals surface area contributed by atoms with Crippen LogP contribution < -0.4 is 0 Å². The second kappa shape index (κ2) is 37.8. The summed E-state index contributed by atoms with van der Waals surface area (Å²) in [6, 6.07) is 0. The van der Waals surface area contributed by atoms with Crippen molar-refractivity contribution in [2.24, 2.45) is 0 Å². The van der Waals surface area contributed by atoms with Crippen molar-refractivity contribution in [3.05, 3.63) is 72.9 Å². The number of ether oxygens (including phenoxy) is 1. The molecule has 0 aliphatic rings. The van der Waals surface area contributed by atoms with Crippen LogP contribution in [0.4, 0.5) is 0 Å². The summed E-state index contributed by atoms with van der Waals surface area (Å²) in [5.74, 6) is -0.777. The third kappa shape index (κ3) is 37.7. The van der Waals surface area contributed by atoms with Gasteiger partial charge in [-0.2, -0.15) is 0 Å². The van der Waals surface area contributed by atoms with Crippen LogP contribution >= 0.6 is 0 Å². The molecule has 4 nitrogen and oxygen atoms in total. The summed E-state index contributed by atoms with van der Waals surface area (Å²) >= 11 is 0. The first-order valence-corrected chi connectivity index (χ1v) is 19.4. The maximum atomic E-state index is 12.6. The topological polar surface area (TPSA) is 63.6 Å². The lowest BCUT2D eigenvalue weighted by molar-refractivity contribution is -0.147. The molecule has 0 amide bonds. The van der Waals surface area contributed by atoms with Gasteiger partial charge >= 0.3 is 11.9 Å². The molecule has 1 N–H and O–H groups in total. The lowest BCUT2D eigenvalue weighted by Crippen LogP contribution is -2.16. The van der Waals surface area contributed by atoms with Crippen LogP contribution in [-0.2, 0) is 14.3 Å². The van der Waals surface area contributed by atoms with Crippen molar-refractivity contribution >= 4 is 11.9 Å². The summed E-state index contributed by atoms with van der Waals surface area (Å²) in [6.45, 7) is 4.40. The Hall–Kier alpha value is -2.62. The highest BCUT2D eigenvalue weighted by Crippen LogP contribution is 2.15. The van der Waals surface area contributed by atoms with Gasteiger partial charge in [0, 0.05) is 12.8 Å². The number of carboxylic acids is 1. The van der Waals surface area contributed by atoms with Crippen molar-refractivity contribution in [3.8, 4) is 0 Å². The zero-order valence-corrected chi connectivity index (χ0v) is 30.6. The molecule has 0 aromatic rings. The SMILES string of the molecule is CC/C=C\C/C=C\C/C=C\C/C=C\CCCCCCCCC(=O)OC(/C=C\C/C=C\CCCCCC)CCCCCCCCC(=O)O. The zero-order valence-electron chi connectivity index (χ0n) is 30.6. The Kier molecular flexibility index (Phi) is 35.7.